The van der Waals surface area contributed by atoms with Crippen LogP contribution >= 0.6 is 22.9 Å². The number of amides is 4. The van der Waals surface area contributed by atoms with E-state index in [0.717, 1.165) is 35.6 Å². The summed E-state index contributed by atoms with van der Waals surface area (Å²) >= 11 is 7.19. The van der Waals surface area contributed by atoms with Gasteiger partial charge in [0.05, 0.1) is 21.7 Å². The number of benzene rings is 1. The number of nitrogens with one attached hydrogen (secondary N) is 3. The van der Waals surface area contributed by atoms with Gasteiger partial charge in [-0.3, -0.25) is 23.7 Å². The quantitative estimate of drug-likeness (QED) is 0.218. The van der Waals surface area contributed by atoms with Crippen molar-refractivity contribution >= 4 is 62.5 Å². The third-order valence-electron chi connectivity index (χ3n) is 7.88. The number of aryl methyl sites for hydroxylation is 1. The fourth-order valence-electron chi connectivity index (χ4n) is 5.31. The highest BCUT2D eigenvalue weighted by Gasteiger charge is 2.37. The van der Waals surface area contributed by atoms with Gasteiger partial charge in [0.2, 0.25) is 5.91 Å². The summed E-state index contributed by atoms with van der Waals surface area (Å²) in [6.45, 7) is 3.49. The Labute approximate surface area is 288 Å². The van der Waals surface area contributed by atoms with Gasteiger partial charge >= 0.3 is 11.8 Å². The van der Waals surface area contributed by atoms with E-state index in [-0.39, 0.29) is 28.4 Å². The molecule has 3 aromatic rings. The van der Waals surface area contributed by atoms with E-state index in [0.29, 0.717) is 29.3 Å². The third kappa shape index (κ3) is 10.0. The van der Waals surface area contributed by atoms with Crippen LogP contribution in [0.15, 0.2) is 47.5 Å². The zero-order chi connectivity index (χ0) is 35.2. The topological polar surface area (TPSA) is 191 Å². The van der Waals surface area contributed by atoms with Crippen molar-refractivity contribution in [3.05, 3.63) is 68.8 Å². The molecule has 48 heavy (non-hydrogen) atoms. The van der Waals surface area contributed by atoms with Crippen LogP contribution in [0.25, 0.3) is 0 Å². The molecule has 14 nitrogen and oxygen atoms in total. The molecule has 2 aliphatic rings. The molecule has 1 aliphatic heterocycles. The van der Waals surface area contributed by atoms with Gasteiger partial charge in [-0.05, 0) is 57.5 Å². The van der Waals surface area contributed by atoms with E-state index in [2.05, 4.69) is 30.8 Å². The predicted molar refractivity (Wildman–Crippen MR) is 180 cm³/mol. The van der Waals surface area contributed by atoms with Crippen molar-refractivity contribution in [3.63, 3.8) is 0 Å². The van der Waals surface area contributed by atoms with Gasteiger partial charge in [-0.2, -0.15) is 8.42 Å². The fourth-order valence-corrected chi connectivity index (χ4v) is 6.99. The highest BCUT2D eigenvalue weighted by atomic mass is 35.5. The van der Waals surface area contributed by atoms with Crippen LogP contribution in [0.2, 0.25) is 5.02 Å². The number of carbonyl (C=O) groups is 4. The number of carbonyl (C=O) groups excluding carboxylic acids is 4. The highest BCUT2D eigenvalue weighted by Crippen LogP contribution is 2.28. The van der Waals surface area contributed by atoms with Crippen molar-refractivity contribution < 1.29 is 32.1 Å². The smallest absolute Gasteiger partial charge is 0.314 e. The summed E-state index contributed by atoms with van der Waals surface area (Å²) in [6.07, 6.45) is 3.46. The second-order valence-electron chi connectivity index (χ2n) is 11.9. The molecule has 17 heteroatoms. The maximum absolute atomic E-state index is 13.1. The van der Waals surface area contributed by atoms with Crippen molar-refractivity contribution in [2.45, 2.75) is 56.1 Å². The van der Waals surface area contributed by atoms with Crippen LogP contribution in [0.4, 0.5) is 5.82 Å². The average Bonchev–Trinajstić information content (AvgIpc) is 3.46. The lowest BCUT2D eigenvalue weighted by Crippen LogP contribution is -2.57. The molecule has 258 valence electrons. The number of thiazole rings is 1. The standard InChI is InChI=1S/C24H30ClN7O4S.C7H8O3S/c1-31(2)24(36)13-4-6-15(27-22(35)23-29-16-8-9-32(3)12-18(16)37-23)17(10-13)28-20(33)21(34)30-19-7-5-14(25)11-26-19;1-6-2-4-7(5-3-6)11(8,9)10/h5,7,11,13,15,17H,4,6,8-10,12H2,1-3H3,(H,27,35)(H,28,33)(H,26,30,34);2-5H,1H3,(H,8,9,10)/t13-,15-,17+;/m0./s1. The molecule has 0 saturated heterocycles. The Morgan fingerprint density at radius 1 is 1.02 bits per heavy atom. The largest absolute Gasteiger partial charge is 0.349 e. The summed E-state index contributed by atoms with van der Waals surface area (Å²) < 4.78 is 29.6. The van der Waals surface area contributed by atoms with Crippen LogP contribution in [0.3, 0.4) is 0 Å². The molecule has 1 aliphatic carbocycles. The van der Waals surface area contributed by atoms with Crippen molar-refractivity contribution in [2.75, 3.05) is 33.0 Å². The molecular weight excluding hydrogens is 682 g/mol. The first kappa shape index (κ1) is 36.9. The molecule has 4 amide bonds. The van der Waals surface area contributed by atoms with Gasteiger partial charge in [0.25, 0.3) is 16.0 Å². The number of likely N-dealkylation sites (N-methyl/N-ethyl adjacent to an activating group) is 1. The molecule has 0 spiro atoms. The van der Waals surface area contributed by atoms with E-state index in [4.69, 9.17) is 16.2 Å². The Balaban J connectivity index is 0.000000401. The number of hydrogen-bond acceptors (Lipinski definition) is 10. The first-order valence-corrected chi connectivity index (χ1v) is 17.7. The Bertz CT molecular complexity index is 1750. The number of nitrogens with zero attached hydrogens (tertiary/aromatic N) is 4. The van der Waals surface area contributed by atoms with Gasteiger partial charge in [0, 0.05) is 56.6 Å². The Morgan fingerprint density at radius 3 is 2.35 bits per heavy atom. The number of anilines is 1. The first-order valence-electron chi connectivity index (χ1n) is 15.1. The van der Waals surface area contributed by atoms with Crippen molar-refractivity contribution in [1.29, 1.82) is 0 Å². The van der Waals surface area contributed by atoms with Gasteiger partial charge in [-0.25, -0.2) is 9.97 Å². The van der Waals surface area contributed by atoms with Gasteiger partial charge < -0.3 is 25.8 Å². The summed E-state index contributed by atoms with van der Waals surface area (Å²) in [6, 6.07) is 7.92. The SMILES string of the molecule is CN1CCc2nc(C(=O)N[C@H]3CC[C@H](C(=O)N(C)C)C[C@H]3NC(=O)C(=O)Nc3ccc(Cl)cn3)sc2C1.Cc1ccc(S(=O)(=O)O)cc1. The molecule has 0 radical (unpaired) electrons. The minimum Gasteiger partial charge on any atom is -0.349 e. The first-order chi connectivity index (χ1) is 22.6. The minimum atomic E-state index is -4.02. The van der Waals surface area contributed by atoms with E-state index < -0.39 is 34.0 Å². The maximum Gasteiger partial charge on any atom is 0.314 e. The van der Waals surface area contributed by atoms with E-state index in [1.54, 1.807) is 32.3 Å². The molecule has 4 N–H and O–H groups in total. The predicted octanol–water partition coefficient (Wildman–Crippen LogP) is 2.53. The van der Waals surface area contributed by atoms with Crippen LogP contribution in [-0.2, 0) is 37.5 Å². The van der Waals surface area contributed by atoms with Gasteiger partial charge in [-0.1, -0.05) is 29.3 Å². The van der Waals surface area contributed by atoms with Gasteiger partial charge in [0.1, 0.15) is 5.82 Å². The summed E-state index contributed by atoms with van der Waals surface area (Å²) in [5.74, 6) is -2.33. The second-order valence-corrected chi connectivity index (χ2v) is 14.8. The average molecular weight is 720 g/mol. The van der Waals surface area contributed by atoms with Crippen LogP contribution < -0.4 is 16.0 Å². The van der Waals surface area contributed by atoms with Crippen LogP contribution in [0.1, 0.15) is 45.2 Å². The lowest BCUT2D eigenvalue weighted by Gasteiger charge is -2.37. The van der Waals surface area contributed by atoms with Gasteiger partial charge in [0.15, 0.2) is 5.01 Å². The molecule has 3 atom stereocenters. The number of aromatic nitrogens is 2. The minimum absolute atomic E-state index is 0.0597. The highest BCUT2D eigenvalue weighted by molar-refractivity contribution is 7.85. The lowest BCUT2D eigenvalue weighted by molar-refractivity contribution is -0.138. The molecule has 1 fully saturated rings. The third-order valence-corrected chi connectivity index (χ3v) is 10.1. The molecule has 5 rings (SSSR count). The molecule has 1 saturated carbocycles. The van der Waals surface area contributed by atoms with Crippen molar-refractivity contribution in [2.24, 2.45) is 5.92 Å². The monoisotopic (exact) mass is 719 g/mol. The van der Waals surface area contributed by atoms with Crippen molar-refractivity contribution in [3.8, 4) is 0 Å². The second kappa shape index (κ2) is 16.0. The van der Waals surface area contributed by atoms with E-state index in [9.17, 15) is 27.6 Å². The molecule has 2 aromatic heterocycles. The lowest BCUT2D eigenvalue weighted by atomic mass is 9.81. The Kier molecular flexibility index (Phi) is 12.3. The van der Waals surface area contributed by atoms with E-state index in [1.165, 1.54) is 40.6 Å². The summed E-state index contributed by atoms with van der Waals surface area (Å²) in [7, 11) is 1.37. The van der Waals surface area contributed by atoms with Crippen molar-refractivity contribution in [1.82, 2.24) is 30.4 Å². The number of halogens is 1. The molecular formula is C31H38ClN7O7S2. The van der Waals surface area contributed by atoms with Crippen LogP contribution in [0.5, 0.6) is 0 Å². The summed E-state index contributed by atoms with van der Waals surface area (Å²) in [5, 5.41) is 8.92. The molecule has 0 bridgehead atoms. The number of rotatable bonds is 6. The maximum atomic E-state index is 13.1. The molecule has 3 heterocycles. The Hall–Kier alpha value is -3.96. The number of hydrogen-bond donors (Lipinski definition) is 4. The van der Waals surface area contributed by atoms with E-state index >= 15 is 0 Å². The summed E-state index contributed by atoms with van der Waals surface area (Å²) in [4.78, 5) is 64.2. The number of pyridine rings is 1. The fraction of sp³-hybridized carbons (Fsp3) is 0.419. The molecule has 0 unspecified atom stereocenters. The number of fused-ring (bicyclic) bond motifs is 1. The Morgan fingerprint density at radius 2 is 1.73 bits per heavy atom. The van der Waals surface area contributed by atoms with Crippen LogP contribution in [0, 0.1) is 12.8 Å². The van der Waals surface area contributed by atoms with Crippen LogP contribution in [-0.4, -0.2) is 96.1 Å². The summed E-state index contributed by atoms with van der Waals surface area (Å²) in [5.41, 5.74) is 1.91. The normalized spacial score (nSPS) is 19.2. The zero-order valence-corrected chi connectivity index (χ0v) is 29.3. The molecule has 1 aromatic carbocycles. The van der Waals surface area contributed by atoms with Gasteiger partial charge in [-0.15, -0.1) is 11.3 Å². The zero-order valence-electron chi connectivity index (χ0n) is 26.9. The van der Waals surface area contributed by atoms with E-state index in [1.807, 2.05) is 14.0 Å².